The van der Waals surface area contributed by atoms with Gasteiger partial charge < -0.3 is 0 Å². The molecule has 4 aliphatic carbocycles. The zero-order chi connectivity index (χ0) is 9.87. The van der Waals surface area contributed by atoms with E-state index in [1.165, 1.54) is 25.7 Å². The molecule has 78 valence electrons. The van der Waals surface area contributed by atoms with E-state index < -0.39 is 0 Å². The minimum atomic E-state index is 0.465. The first-order valence-corrected chi connectivity index (χ1v) is 6.41. The quantitative estimate of drug-likeness (QED) is 0.419. The van der Waals surface area contributed by atoms with Crippen LogP contribution < -0.4 is 0 Å². The highest BCUT2D eigenvalue weighted by Crippen LogP contribution is 2.58. The molecule has 0 aromatic rings. The Kier molecular flexibility index (Phi) is 1.99. The standard InChI is InChI=1S/C13H19Cl/c1-7(2)12-9-3-8-4-10(6-9)13(14)11(12)5-8/h8-11,13H,3-6H2,1-2H3/t8-,9+,10-,11+,13?/m0/s1. The first-order chi connectivity index (χ1) is 6.66. The van der Waals surface area contributed by atoms with Crippen molar-refractivity contribution in [2.24, 2.45) is 23.7 Å². The summed E-state index contributed by atoms with van der Waals surface area (Å²) in [6.07, 6.45) is 5.68. The first kappa shape index (κ1) is 9.27. The Labute approximate surface area is 91.7 Å². The first-order valence-electron chi connectivity index (χ1n) is 5.98. The molecule has 0 saturated heterocycles. The van der Waals surface area contributed by atoms with Crippen LogP contribution in [0.3, 0.4) is 0 Å². The molecule has 0 radical (unpaired) electrons. The van der Waals surface area contributed by atoms with Gasteiger partial charge in [-0.05, 0) is 63.2 Å². The van der Waals surface area contributed by atoms with Gasteiger partial charge in [-0.3, -0.25) is 0 Å². The molecule has 0 heterocycles. The summed E-state index contributed by atoms with van der Waals surface area (Å²) < 4.78 is 0. The predicted octanol–water partition coefficient (Wildman–Crippen LogP) is 4.00. The second-order valence-electron chi connectivity index (χ2n) is 5.77. The van der Waals surface area contributed by atoms with Crippen molar-refractivity contribution in [2.45, 2.75) is 44.9 Å². The molecule has 0 aliphatic heterocycles. The van der Waals surface area contributed by atoms with E-state index in [0.29, 0.717) is 5.38 Å². The summed E-state index contributed by atoms with van der Waals surface area (Å²) in [7, 11) is 0. The Morgan fingerprint density at radius 3 is 2.64 bits per heavy atom. The number of hydrogen-bond acceptors (Lipinski definition) is 0. The van der Waals surface area contributed by atoms with Crippen LogP contribution in [0.25, 0.3) is 0 Å². The summed E-state index contributed by atoms with van der Waals surface area (Å²) in [4.78, 5) is 0. The van der Waals surface area contributed by atoms with Gasteiger partial charge in [-0.15, -0.1) is 11.6 Å². The van der Waals surface area contributed by atoms with Gasteiger partial charge in [0.05, 0.1) is 0 Å². The minimum absolute atomic E-state index is 0.465. The van der Waals surface area contributed by atoms with E-state index >= 15 is 0 Å². The monoisotopic (exact) mass is 210 g/mol. The van der Waals surface area contributed by atoms with E-state index in [9.17, 15) is 0 Å². The Morgan fingerprint density at radius 1 is 1.14 bits per heavy atom. The topological polar surface area (TPSA) is 0 Å². The second kappa shape index (κ2) is 3.01. The molecule has 0 aromatic carbocycles. The van der Waals surface area contributed by atoms with Crippen LogP contribution in [-0.2, 0) is 0 Å². The van der Waals surface area contributed by atoms with E-state index in [0.717, 1.165) is 23.7 Å². The van der Waals surface area contributed by atoms with Gasteiger partial charge in [-0.2, -0.15) is 0 Å². The van der Waals surface area contributed by atoms with Crippen molar-refractivity contribution < 1.29 is 0 Å². The van der Waals surface area contributed by atoms with E-state index in [4.69, 9.17) is 11.6 Å². The Morgan fingerprint density at radius 2 is 1.93 bits per heavy atom. The van der Waals surface area contributed by atoms with E-state index in [1.807, 2.05) is 0 Å². The molecule has 1 heteroatoms. The smallest absolute Gasteiger partial charge is 0.0430 e. The van der Waals surface area contributed by atoms with Crippen molar-refractivity contribution in [3.05, 3.63) is 11.1 Å². The zero-order valence-electron chi connectivity index (χ0n) is 9.09. The zero-order valence-corrected chi connectivity index (χ0v) is 9.85. The fourth-order valence-electron chi connectivity index (χ4n) is 4.39. The number of alkyl halides is 1. The Bertz CT molecular complexity index is 288. The van der Waals surface area contributed by atoms with E-state index in [2.05, 4.69) is 13.8 Å². The number of rotatable bonds is 0. The summed E-state index contributed by atoms with van der Waals surface area (Å²) in [6, 6.07) is 0. The molecule has 4 bridgehead atoms. The molecule has 0 amide bonds. The maximum Gasteiger partial charge on any atom is 0.0430 e. The molecule has 0 nitrogen and oxygen atoms in total. The predicted molar refractivity (Wildman–Crippen MR) is 60.4 cm³/mol. The van der Waals surface area contributed by atoms with Crippen molar-refractivity contribution in [1.82, 2.24) is 0 Å². The summed E-state index contributed by atoms with van der Waals surface area (Å²) in [6.45, 7) is 4.56. The largest absolute Gasteiger partial charge is 0.122 e. The summed E-state index contributed by atoms with van der Waals surface area (Å²) in [5.41, 5.74) is 3.31. The van der Waals surface area contributed by atoms with Crippen LogP contribution in [0.15, 0.2) is 11.1 Å². The fourth-order valence-corrected chi connectivity index (χ4v) is 4.83. The third-order valence-electron chi connectivity index (χ3n) is 4.68. The second-order valence-corrected chi connectivity index (χ2v) is 6.28. The molecule has 4 saturated carbocycles. The molecule has 4 fully saturated rings. The van der Waals surface area contributed by atoms with Gasteiger partial charge in [-0.1, -0.05) is 11.1 Å². The number of halogens is 1. The van der Waals surface area contributed by atoms with Crippen molar-refractivity contribution in [3.63, 3.8) is 0 Å². The molecular formula is C13H19Cl. The highest BCUT2D eigenvalue weighted by atomic mass is 35.5. The minimum Gasteiger partial charge on any atom is -0.122 e. The lowest BCUT2D eigenvalue weighted by Crippen LogP contribution is -2.47. The molecule has 4 rings (SSSR count). The molecule has 14 heavy (non-hydrogen) atoms. The summed E-state index contributed by atoms with van der Waals surface area (Å²) in [5.74, 6) is 3.53. The SMILES string of the molecule is CC(C)=C1[C@@H]2C[C@H]3C[C@@H](C2)C(Cl)[C@@H]1C3. The van der Waals surface area contributed by atoms with Crippen LogP contribution in [0.4, 0.5) is 0 Å². The Balaban J connectivity index is 2.01. The third-order valence-corrected chi connectivity index (χ3v) is 5.34. The average Bonchev–Trinajstić information content (AvgIpc) is 2.12. The van der Waals surface area contributed by atoms with Gasteiger partial charge in [-0.25, -0.2) is 0 Å². The Hall–Kier alpha value is 0.0300. The van der Waals surface area contributed by atoms with Gasteiger partial charge in [0.15, 0.2) is 0 Å². The van der Waals surface area contributed by atoms with Crippen LogP contribution >= 0.6 is 11.6 Å². The van der Waals surface area contributed by atoms with Gasteiger partial charge in [0.1, 0.15) is 0 Å². The summed E-state index contributed by atoms with van der Waals surface area (Å²) >= 11 is 6.58. The lowest BCUT2D eigenvalue weighted by Gasteiger charge is -2.54. The van der Waals surface area contributed by atoms with Crippen LogP contribution in [0, 0.1) is 23.7 Å². The van der Waals surface area contributed by atoms with Crippen molar-refractivity contribution in [2.75, 3.05) is 0 Å². The van der Waals surface area contributed by atoms with Gasteiger partial charge >= 0.3 is 0 Å². The van der Waals surface area contributed by atoms with Crippen LogP contribution in [-0.4, -0.2) is 5.38 Å². The number of allylic oxidation sites excluding steroid dienone is 2. The lowest BCUT2D eigenvalue weighted by molar-refractivity contribution is 0.0730. The van der Waals surface area contributed by atoms with Crippen molar-refractivity contribution >= 4 is 11.6 Å². The van der Waals surface area contributed by atoms with Gasteiger partial charge in [0.2, 0.25) is 0 Å². The van der Waals surface area contributed by atoms with Crippen molar-refractivity contribution in [3.8, 4) is 0 Å². The number of hydrogen-bond donors (Lipinski definition) is 0. The summed E-state index contributed by atoms with van der Waals surface area (Å²) in [5, 5.41) is 0.465. The third kappa shape index (κ3) is 1.13. The molecule has 1 unspecified atom stereocenters. The highest BCUT2D eigenvalue weighted by Gasteiger charge is 2.50. The van der Waals surface area contributed by atoms with Crippen LogP contribution in [0.2, 0.25) is 0 Å². The highest BCUT2D eigenvalue weighted by molar-refractivity contribution is 6.21. The maximum atomic E-state index is 6.58. The van der Waals surface area contributed by atoms with Crippen LogP contribution in [0.1, 0.15) is 39.5 Å². The van der Waals surface area contributed by atoms with Crippen LogP contribution in [0.5, 0.6) is 0 Å². The fraction of sp³-hybridized carbons (Fsp3) is 0.846. The molecule has 0 N–H and O–H groups in total. The molecule has 5 atom stereocenters. The van der Waals surface area contributed by atoms with Crippen molar-refractivity contribution in [1.29, 1.82) is 0 Å². The lowest BCUT2D eigenvalue weighted by atomic mass is 9.53. The maximum absolute atomic E-state index is 6.58. The van der Waals surface area contributed by atoms with Gasteiger partial charge in [0, 0.05) is 5.38 Å². The molecule has 4 aliphatic rings. The molecule has 0 spiro atoms. The normalized spacial score (nSPS) is 49.9. The molecule has 0 aromatic heterocycles. The molecular weight excluding hydrogens is 192 g/mol. The average molecular weight is 211 g/mol. The van der Waals surface area contributed by atoms with E-state index in [-0.39, 0.29) is 0 Å². The van der Waals surface area contributed by atoms with E-state index in [1.54, 1.807) is 11.1 Å². The van der Waals surface area contributed by atoms with Gasteiger partial charge in [0.25, 0.3) is 0 Å².